The fraction of sp³-hybridized carbons (Fsp3) is 0.619. The second-order valence-electron chi connectivity index (χ2n) is 7.88. The van der Waals surface area contributed by atoms with Crippen LogP contribution in [0.4, 0.5) is 0 Å². The summed E-state index contributed by atoms with van der Waals surface area (Å²) in [6.45, 7) is 9.66. The number of aromatic nitrogens is 1. The number of nitrogens with zero attached hydrogens (tertiary/aromatic N) is 3. The van der Waals surface area contributed by atoms with Gasteiger partial charge in [-0.25, -0.2) is 4.98 Å². The van der Waals surface area contributed by atoms with Gasteiger partial charge in [0.05, 0.1) is 15.2 Å². The van der Waals surface area contributed by atoms with Crippen molar-refractivity contribution >= 4 is 27.5 Å². The van der Waals surface area contributed by atoms with E-state index in [2.05, 4.69) is 47.1 Å². The fourth-order valence-corrected chi connectivity index (χ4v) is 4.68. The van der Waals surface area contributed by atoms with E-state index in [-0.39, 0.29) is 5.91 Å². The van der Waals surface area contributed by atoms with Crippen molar-refractivity contribution in [2.24, 2.45) is 5.92 Å². The Hall–Kier alpha value is -1.50. The number of thiazole rings is 1. The van der Waals surface area contributed by atoms with E-state index in [1.807, 2.05) is 18.2 Å². The lowest BCUT2D eigenvalue weighted by Gasteiger charge is -2.39. The summed E-state index contributed by atoms with van der Waals surface area (Å²) in [6, 6.07) is 8.64. The highest BCUT2D eigenvalue weighted by atomic mass is 32.1. The molecule has 148 valence electrons. The highest BCUT2D eigenvalue weighted by Crippen LogP contribution is 2.22. The molecule has 1 aliphatic heterocycles. The Kier molecular flexibility index (Phi) is 7.21. The van der Waals surface area contributed by atoms with Crippen molar-refractivity contribution in [1.82, 2.24) is 20.1 Å². The van der Waals surface area contributed by atoms with Crippen LogP contribution < -0.4 is 5.32 Å². The Balaban J connectivity index is 1.41. The number of likely N-dealkylation sites (N-methyl/N-ethyl adjacent to an activating group) is 1. The molecule has 1 fully saturated rings. The van der Waals surface area contributed by atoms with Crippen molar-refractivity contribution in [3.8, 4) is 0 Å². The molecule has 1 atom stereocenters. The van der Waals surface area contributed by atoms with Crippen molar-refractivity contribution in [3.63, 3.8) is 0 Å². The number of amides is 1. The maximum absolute atomic E-state index is 12.3. The summed E-state index contributed by atoms with van der Waals surface area (Å²) in [5, 5.41) is 4.30. The second-order valence-corrected chi connectivity index (χ2v) is 9.00. The van der Waals surface area contributed by atoms with Gasteiger partial charge in [0.25, 0.3) is 0 Å². The minimum Gasteiger partial charge on any atom is -0.355 e. The molecule has 0 saturated carbocycles. The molecule has 5 nitrogen and oxygen atoms in total. The summed E-state index contributed by atoms with van der Waals surface area (Å²) in [5.74, 6) is 0.701. The van der Waals surface area contributed by atoms with Gasteiger partial charge in [0.1, 0.15) is 0 Å². The quantitative estimate of drug-likeness (QED) is 0.755. The minimum absolute atomic E-state index is 0.163. The summed E-state index contributed by atoms with van der Waals surface area (Å²) in [7, 11) is 2.18. The number of para-hydroxylation sites is 1. The van der Waals surface area contributed by atoms with E-state index in [0.29, 0.717) is 18.4 Å². The first-order valence-electron chi connectivity index (χ1n) is 10.1. The number of carbonyl (C=O) groups is 1. The number of nitrogens with one attached hydrogen (secondary N) is 1. The van der Waals surface area contributed by atoms with E-state index in [1.165, 1.54) is 4.70 Å². The van der Waals surface area contributed by atoms with Gasteiger partial charge >= 0.3 is 0 Å². The number of rotatable bonds is 8. The monoisotopic (exact) mass is 388 g/mol. The summed E-state index contributed by atoms with van der Waals surface area (Å²) in [5.41, 5.74) is 1.06. The van der Waals surface area contributed by atoms with E-state index < -0.39 is 0 Å². The first kappa shape index (κ1) is 20.2. The summed E-state index contributed by atoms with van der Waals surface area (Å²) >= 11 is 1.74. The predicted molar refractivity (Wildman–Crippen MR) is 113 cm³/mol. The van der Waals surface area contributed by atoms with Crippen molar-refractivity contribution in [2.45, 2.75) is 39.2 Å². The molecule has 1 unspecified atom stereocenters. The largest absolute Gasteiger partial charge is 0.355 e. The molecule has 0 aliphatic carbocycles. The molecule has 27 heavy (non-hydrogen) atoms. The Labute approximate surface area is 166 Å². The van der Waals surface area contributed by atoms with Crippen LogP contribution in [-0.4, -0.2) is 66.5 Å². The minimum atomic E-state index is 0.163. The van der Waals surface area contributed by atoms with E-state index in [0.717, 1.165) is 56.1 Å². The lowest BCUT2D eigenvalue weighted by atomic mass is 10.0. The van der Waals surface area contributed by atoms with Gasteiger partial charge in [-0.1, -0.05) is 26.0 Å². The zero-order valence-corrected chi connectivity index (χ0v) is 17.6. The molecule has 3 rings (SSSR count). The summed E-state index contributed by atoms with van der Waals surface area (Å²) < 4.78 is 1.23. The zero-order chi connectivity index (χ0) is 19.2. The van der Waals surface area contributed by atoms with Gasteiger partial charge in [-0.05, 0) is 37.9 Å². The Morgan fingerprint density at radius 3 is 2.67 bits per heavy atom. The first-order valence-corrected chi connectivity index (χ1v) is 10.9. The zero-order valence-electron chi connectivity index (χ0n) is 16.8. The van der Waals surface area contributed by atoms with Gasteiger partial charge in [0.15, 0.2) is 0 Å². The first-order chi connectivity index (χ1) is 13.0. The molecule has 1 N–H and O–H groups in total. The molecular weight excluding hydrogens is 356 g/mol. The smallest absolute Gasteiger partial charge is 0.220 e. The topological polar surface area (TPSA) is 48.5 Å². The van der Waals surface area contributed by atoms with Gasteiger partial charge in [-0.15, -0.1) is 11.3 Å². The molecule has 0 bridgehead atoms. The van der Waals surface area contributed by atoms with Gasteiger partial charge in [0, 0.05) is 45.2 Å². The molecule has 1 aromatic carbocycles. The van der Waals surface area contributed by atoms with Crippen LogP contribution in [0.1, 0.15) is 31.7 Å². The van der Waals surface area contributed by atoms with Crippen LogP contribution in [0.25, 0.3) is 10.2 Å². The third-order valence-corrected chi connectivity index (χ3v) is 6.51. The van der Waals surface area contributed by atoms with Crippen LogP contribution in [0, 0.1) is 5.92 Å². The number of fused-ring (bicyclic) bond motifs is 1. The average molecular weight is 389 g/mol. The van der Waals surface area contributed by atoms with Crippen molar-refractivity contribution < 1.29 is 4.79 Å². The van der Waals surface area contributed by atoms with Gasteiger partial charge in [-0.3, -0.25) is 9.69 Å². The Bertz CT molecular complexity index is 704. The second kappa shape index (κ2) is 9.62. The number of hydrogen-bond acceptors (Lipinski definition) is 5. The Morgan fingerprint density at radius 2 is 1.96 bits per heavy atom. The highest BCUT2D eigenvalue weighted by molar-refractivity contribution is 7.18. The molecule has 6 heteroatoms. The number of piperazine rings is 1. The van der Waals surface area contributed by atoms with Crippen LogP contribution in [-0.2, 0) is 11.2 Å². The molecule has 2 aromatic rings. The van der Waals surface area contributed by atoms with Crippen molar-refractivity contribution in [2.75, 3.05) is 39.8 Å². The van der Waals surface area contributed by atoms with E-state index >= 15 is 0 Å². The molecule has 0 spiro atoms. The van der Waals surface area contributed by atoms with E-state index in [9.17, 15) is 4.79 Å². The predicted octanol–water partition coefficient (Wildman–Crippen LogP) is 3.01. The molecule has 0 radical (unpaired) electrons. The standard InChI is InChI=1S/C21H32N4OS/c1-16(2)18(25-13-11-24(3)12-14-25)15-22-20(26)9-6-10-21-23-17-7-4-5-8-19(17)27-21/h4-5,7-8,16,18H,6,9-15H2,1-3H3,(H,22,26). The number of benzene rings is 1. The Morgan fingerprint density at radius 1 is 1.22 bits per heavy atom. The summed E-state index contributed by atoms with van der Waals surface area (Å²) in [4.78, 5) is 21.9. The maximum atomic E-state index is 12.3. The van der Waals surface area contributed by atoms with Crippen molar-refractivity contribution in [1.29, 1.82) is 0 Å². The van der Waals surface area contributed by atoms with Crippen LogP contribution in [0.2, 0.25) is 0 Å². The molecule has 2 heterocycles. The SMILES string of the molecule is CC(C)C(CNC(=O)CCCc1nc2ccccc2s1)N1CCN(C)CC1. The van der Waals surface area contributed by atoms with Gasteiger partial charge < -0.3 is 10.2 Å². The molecular formula is C21H32N4OS. The van der Waals surface area contributed by atoms with Crippen LogP contribution >= 0.6 is 11.3 Å². The lowest BCUT2D eigenvalue weighted by Crippen LogP contribution is -2.54. The van der Waals surface area contributed by atoms with Crippen LogP contribution in [0.3, 0.4) is 0 Å². The van der Waals surface area contributed by atoms with Crippen LogP contribution in [0.5, 0.6) is 0 Å². The number of aryl methyl sites for hydroxylation is 1. The normalized spacial score (nSPS) is 17.5. The van der Waals surface area contributed by atoms with Crippen LogP contribution in [0.15, 0.2) is 24.3 Å². The third-order valence-electron chi connectivity index (χ3n) is 5.42. The third kappa shape index (κ3) is 5.74. The molecule has 1 saturated heterocycles. The molecule has 1 aliphatic rings. The fourth-order valence-electron chi connectivity index (χ4n) is 3.67. The highest BCUT2D eigenvalue weighted by Gasteiger charge is 2.25. The van der Waals surface area contributed by atoms with Crippen molar-refractivity contribution in [3.05, 3.63) is 29.3 Å². The van der Waals surface area contributed by atoms with E-state index in [1.54, 1.807) is 11.3 Å². The van der Waals surface area contributed by atoms with Gasteiger partial charge in [0.2, 0.25) is 5.91 Å². The molecule has 1 amide bonds. The van der Waals surface area contributed by atoms with Gasteiger partial charge in [-0.2, -0.15) is 0 Å². The average Bonchev–Trinajstić information content (AvgIpc) is 3.06. The number of hydrogen-bond donors (Lipinski definition) is 1. The maximum Gasteiger partial charge on any atom is 0.220 e. The lowest BCUT2D eigenvalue weighted by molar-refractivity contribution is -0.121. The van der Waals surface area contributed by atoms with E-state index in [4.69, 9.17) is 0 Å². The molecule has 1 aromatic heterocycles. The summed E-state index contributed by atoms with van der Waals surface area (Å²) in [6.07, 6.45) is 2.30. The number of carbonyl (C=O) groups excluding carboxylic acids is 1.